The molecule has 0 spiro atoms. The molecule has 2 rings (SSSR count). The second kappa shape index (κ2) is 3.29. The summed E-state index contributed by atoms with van der Waals surface area (Å²) < 4.78 is 38.5. The lowest BCUT2D eigenvalue weighted by atomic mass is 10.2. The zero-order chi connectivity index (χ0) is 11.9. The van der Waals surface area contributed by atoms with E-state index in [1.165, 1.54) is 18.5 Å². The summed E-state index contributed by atoms with van der Waals surface area (Å²) in [7, 11) is 0. The highest BCUT2D eigenvalue weighted by atomic mass is 19.4. The van der Waals surface area contributed by atoms with E-state index in [1.807, 2.05) is 0 Å². The first-order valence-corrected chi connectivity index (χ1v) is 4.32. The van der Waals surface area contributed by atoms with E-state index < -0.39 is 23.0 Å². The molecule has 0 bridgehead atoms. The Labute approximate surface area is 87.4 Å². The lowest BCUT2D eigenvalue weighted by Crippen LogP contribution is -2.24. The van der Waals surface area contributed by atoms with E-state index in [9.17, 15) is 18.0 Å². The van der Waals surface area contributed by atoms with Gasteiger partial charge in [0.2, 0.25) is 5.78 Å². The van der Waals surface area contributed by atoms with Gasteiger partial charge in [0.15, 0.2) is 5.69 Å². The van der Waals surface area contributed by atoms with Crippen LogP contribution in [0.25, 0.3) is 5.78 Å². The first-order chi connectivity index (χ1) is 7.41. The Kier molecular flexibility index (Phi) is 2.18. The first kappa shape index (κ1) is 10.6. The molecule has 7 heteroatoms. The molecule has 2 aromatic heterocycles. The normalized spacial score (nSPS) is 12.0. The van der Waals surface area contributed by atoms with E-state index >= 15 is 0 Å². The van der Waals surface area contributed by atoms with Gasteiger partial charge in [0, 0.05) is 18.0 Å². The van der Waals surface area contributed by atoms with E-state index in [1.54, 1.807) is 0 Å². The number of halogens is 3. The summed E-state index contributed by atoms with van der Waals surface area (Å²) in [6.45, 7) is 1.09. The smallest absolute Gasteiger partial charge is 0.269 e. The fourth-order valence-electron chi connectivity index (χ4n) is 1.35. The summed E-state index contributed by atoms with van der Waals surface area (Å²) in [6.07, 6.45) is -2.04. The van der Waals surface area contributed by atoms with Crippen LogP contribution in [0.1, 0.15) is 11.3 Å². The summed E-state index contributed by atoms with van der Waals surface area (Å²) >= 11 is 0. The quantitative estimate of drug-likeness (QED) is 0.686. The second-order valence-corrected chi connectivity index (χ2v) is 3.18. The number of fused-ring (bicyclic) bond motifs is 1. The molecule has 0 aliphatic heterocycles. The lowest BCUT2D eigenvalue weighted by Gasteiger charge is -2.09. The molecule has 0 aliphatic rings. The molecule has 0 atom stereocenters. The fraction of sp³-hybridized carbons (Fsp3) is 0.222. The second-order valence-electron chi connectivity index (χ2n) is 3.18. The zero-order valence-corrected chi connectivity index (χ0v) is 8.12. The first-order valence-electron chi connectivity index (χ1n) is 4.32. The van der Waals surface area contributed by atoms with Crippen molar-refractivity contribution >= 4 is 5.78 Å². The van der Waals surface area contributed by atoms with Crippen molar-refractivity contribution in [2.45, 2.75) is 13.1 Å². The van der Waals surface area contributed by atoms with Gasteiger partial charge in [-0.3, -0.25) is 9.20 Å². The minimum Gasteiger partial charge on any atom is -0.269 e. The van der Waals surface area contributed by atoms with E-state index in [-0.39, 0.29) is 5.78 Å². The van der Waals surface area contributed by atoms with Crippen molar-refractivity contribution in [1.82, 2.24) is 14.4 Å². The molecule has 4 nitrogen and oxygen atoms in total. The van der Waals surface area contributed by atoms with Gasteiger partial charge in [-0.25, -0.2) is 9.97 Å². The Bertz CT molecular complexity index is 603. The Balaban J connectivity index is 2.90. The van der Waals surface area contributed by atoms with Gasteiger partial charge in [-0.15, -0.1) is 0 Å². The maximum absolute atomic E-state index is 12.5. The summed E-state index contributed by atoms with van der Waals surface area (Å²) in [5, 5.41) is 0. The third kappa shape index (κ3) is 1.54. The minimum atomic E-state index is -4.64. The van der Waals surface area contributed by atoms with Gasteiger partial charge in [0.1, 0.15) is 0 Å². The lowest BCUT2D eigenvalue weighted by molar-refractivity contribution is -0.141. The minimum absolute atomic E-state index is 0.259. The molecule has 0 saturated heterocycles. The number of nitrogens with zero attached hydrogens (tertiary/aromatic N) is 3. The molecule has 2 heterocycles. The predicted octanol–water partition coefficient (Wildman–Crippen LogP) is 1.42. The SMILES string of the molecule is Cc1c(C(F)(F)F)nc2ncccn2c1=O. The van der Waals surface area contributed by atoms with Crippen LogP contribution in [0, 0.1) is 6.92 Å². The number of rotatable bonds is 0. The molecule has 0 amide bonds. The van der Waals surface area contributed by atoms with Gasteiger partial charge in [-0.05, 0) is 13.0 Å². The third-order valence-corrected chi connectivity index (χ3v) is 2.10. The van der Waals surface area contributed by atoms with Crippen molar-refractivity contribution in [3.63, 3.8) is 0 Å². The van der Waals surface area contributed by atoms with Gasteiger partial charge in [-0.2, -0.15) is 13.2 Å². The average molecular weight is 229 g/mol. The largest absolute Gasteiger partial charge is 0.433 e. The molecule has 2 aromatic rings. The summed E-state index contributed by atoms with van der Waals surface area (Å²) in [5.41, 5.74) is -2.38. The standard InChI is InChI=1S/C9H6F3N3O/c1-5-6(9(10,11)12)14-8-13-3-2-4-15(8)7(5)16/h2-4H,1H3. The van der Waals surface area contributed by atoms with E-state index in [2.05, 4.69) is 9.97 Å². The van der Waals surface area contributed by atoms with Crippen molar-refractivity contribution in [1.29, 1.82) is 0 Å². The molecule has 0 saturated carbocycles. The van der Waals surface area contributed by atoms with Crippen molar-refractivity contribution < 1.29 is 13.2 Å². The predicted molar refractivity (Wildman–Crippen MR) is 49.0 cm³/mol. The molecule has 0 fully saturated rings. The van der Waals surface area contributed by atoms with Crippen LogP contribution in [-0.2, 0) is 6.18 Å². The van der Waals surface area contributed by atoms with Crippen LogP contribution in [0.5, 0.6) is 0 Å². The van der Waals surface area contributed by atoms with Crippen LogP contribution in [0.15, 0.2) is 23.3 Å². The van der Waals surface area contributed by atoms with E-state index in [4.69, 9.17) is 0 Å². The Morgan fingerprint density at radius 1 is 1.38 bits per heavy atom. The monoisotopic (exact) mass is 229 g/mol. The van der Waals surface area contributed by atoms with Gasteiger partial charge in [0.05, 0.1) is 0 Å². The Morgan fingerprint density at radius 2 is 2.06 bits per heavy atom. The van der Waals surface area contributed by atoms with Crippen molar-refractivity contribution in [3.8, 4) is 0 Å². The number of aromatic nitrogens is 3. The maximum Gasteiger partial charge on any atom is 0.433 e. The molecule has 0 radical (unpaired) electrons. The van der Waals surface area contributed by atoms with Crippen LogP contribution >= 0.6 is 0 Å². The summed E-state index contributed by atoms with van der Waals surface area (Å²) in [5.74, 6) is -0.259. The Hall–Kier alpha value is -1.92. The average Bonchev–Trinajstić information content (AvgIpc) is 2.22. The van der Waals surface area contributed by atoms with Crippen LogP contribution < -0.4 is 5.56 Å². The highest BCUT2D eigenvalue weighted by Crippen LogP contribution is 2.28. The van der Waals surface area contributed by atoms with Gasteiger partial charge in [-0.1, -0.05) is 0 Å². The molecule has 0 aliphatic carbocycles. The summed E-state index contributed by atoms with van der Waals surface area (Å²) in [4.78, 5) is 18.5. The molecular formula is C9H6F3N3O. The maximum atomic E-state index is 12.5. The molecule has 0 unspecified atom stereocenters. The van der Waals surface area contributed by atoms with Crippen LogP contribution in [0.4, 0.5) is 13.2 Å². The molecule has 0 N–H and O–H groups in total. The third-order valence-electron chi connectivity index (χ3n) is 2.10. The molecule has 84 valence electrons. The molecule has 16 heavy (non-hydrogen) atoms. The van der Waals surface area contributed by atoms with Gasteiger partial charge in [0.25, 0.3) is 5.56 Å². The van der Waals surface area contributed by atoms with Crippen molar-refractivity contribution in [2.75, 3.05) is 0 Å². The van der Waals surface area contributed by atoms with Crippen LogP contribution in [0.3, 0.4) is 0 Å². The summed E-state index contributed by atoms with van der Waals surface area (Å²) in [6, 6.07) is 1.45. The van der Waals surface area contributed by atoms with Crippen LogP contribution in [-0.4, -0.2) is 14.4 Å². The molecular weight excluding hydrogens is 223 g/mol. The van der Waals surface area contributed by atoms with Gasteiger partial charge >= 0.3 is 6.18 Å². The number of hydrogen-bond donors (Lipinski definition) is 0. The van der Waals surface area contributed by atoms with Crippen molar-refractivity contribution in [3.05, 3.63) is 40.1 Å². The topological polar surface area (TPSA) is 47.3 Å². The number of alkyl halides is 3. The molecule has 0 aromatic carbocycles. The number of hydrogen-bond acceptors (Lipinski definition) is 3. The fourth-order valence-corrected chi connectivity index (χ4v) is 1.35. The highest BCUT2D eigenvalue weighted by Gasteiger charge is 2.36. The Morgan fingerprint density at radius 3 is 2.69 bits per heavy atom. The zero-order valence-electron chi connectivity index (χ0n) is 8.12. The van der Waals surface area contributed by atoms with E-state index in [0.29, 0.717) is 0 Å². The van der Waals surface area contributed by atoms with Crippen LogP contribution in [0.2, 0.25) is 0 Å². The highest BCUT2D eigenvalue weighted by molar-refractivity contribution is 5.33. The van der Waals surface area contributed by atoms with Gasteiger partial charge < -0.3 is 0 Å². The van der Waals surface area contributed by atoms with Crippen molar-refractivity contribution in [2.24, 2.45) is 0 Å². The van der Waals surface area contributed by atoms with E-state index in [0.717, 1.165) is 11.3 Å².